The highest BCUT2D eigenvalue weighted by Gasteiger charge is 2.34. The molecule has 1 rings (SSSR count). The van der Waals surface area contributed by atoms with E-state index in [1.54, 1.807) is 0 Å². The van der Waals surface area contributed by atoms with Crippen LogP contribution in [0.3, 0.4) is 0 Å². The van der Waals surface area contributed by atoms with E-state index in [1.807, 2.05) is 0 Å². The fraction of sp³-hybridized carbons (Fsp3) is 0.882. The summed E-state index contributed by atoms with van der Waals surface area (Å²) < 4.78 is 0. The van der Waals surface area contributed by atoms with Gasteiger partial charge in [-0.1, -0.05) is 39.0 Å². The van der Waals surface area contributed by atoms with Gasteiger partial charge in [-0.2, -0.15) is 0 Å². The second-order valence-electron chi connectivity index (χ2n) is 7.08. The van der Waals surface area contributed by atoms with E-state index in [-0.39, 0.29) is 5.41 Å². The Morgan fingerprint density at radius 2 is 1.78 bits per heavy atom. The molecule has 0 bridgehead atoms. The quantitative estimate of drug-likeness (QED) is 0.729. The molecule has 1 heteroatoms. The first-order valence-electron chi connectivity index (χ1n) is 7.61. The largest absolute Gasteiger partial charge is 0.313 e. The lowest BCUT2D eigenvalue weighted by molar-refractivity contribution is 0.148. The molecule has 1 aliphatic rings. The summed E-state index contributed by atoms with van der Waals surface area (Å²) in [5.74, 6) is 6.80. The first-order chi connectivity index (χ1) is 8.37. The Bertz CT molecular complexity index is 294. The predicted octanol–water partition coefficient (Wildman–Crippen LogP) is 4.37. The molecule has 1 unspecified atom stereocenters. The van der Waals surface area contributed by atoms with Gasteiger partial charge in [0.1, 0.15) is 0 Å². The molecule has 0 aliphatic heterocycles. The van der Waals surface area contributed by atoms with Crippen LogP contribution in [0.25, 0.3) is 0 Å². The van der Waals surface area contributed by atoms with Gasteiger partial charge in [-0.15, -0.1) is 5.92 Å². The van der Waals surface area contributed by atoms with Gasteiger partial charge >= 0.3 is 0 Å². The summed E-state index contributed by atoms with van der Waals surface area (Å²) in [6.45, 7) is 12.3. The zero-order valence-electron chi connectivity index (χ0n) is 13.0. The second kappa shape index (κ2) is 6.62. The molecule has 0 heterocycles. The lowest BCUT2D eigenvalue weighted by Crippen LogP contribution is -2.44. The molecule has 0 saturated heterocycles. The van der Waals surface area contributed by atoms with Crippen molar-refractivity contribution in [3.63, 3.8) is 0 Å². The monoisotopic (exact) mass is 249 g/mol. The number of nitrogens with one attached hydrogen (secondary N) is 1. The summed E-state index contributed by atoms with van der Waals surface area (Å²) in [6, 6.07) is 0.567. The van der Waals surface area contributed by atoms with Crippen LogP contribution in [0.2, 0.25) is 0 Å². The first-order valence-corrected chi connectivity index (χ1v) is 7.61. The highest BCUT2D eigenvalue weighted by Crippen LogP contribution is 2.39. The van der Waals surface area contributed by atoms with Crippen LogP contribution in [-0.2, 0) is 0 Å². The molecule has 1 aliphatic carbocycles. The van der Waals surface area contributed by atoms with Crippen LogP contribution in [-0.4, -0.2) is 12.6 Å². The molecule has 0 aromatic rings. The third kappa shape index (κ3) is 5.02. The summed E-state index contributed by atoms with van der Waals surface area (Å²) >= 11 is 0. The smallest absolute Gasteiger partial charge is 0.0248 e. The molecule has 18 heavy (non-hydrogen) atoms. The molecule has 1 N–H and O–H groups in total. The predicted molar refractivity (Wildman–Crippen MR) is 80.5 cm³/mol. The van der Waals surface area contributed by atoms with Crippen LogP contribution >= 0.6 is 0 Å². The van der Waals surface area contributed by atoms with Crippen molar-refractivity contribution in [2.45, 2.75) is 79.2 Å². The molecule has 1 atom stereocenters. The van der Waals surface area contributed by atoms with E-state index in [0.29, 0.717) is 11.5 Å². The van der Waals surface area contributed by atoms with Crippen LogP contribution in [0.15, 0.2) is 0 Å². The van der Waals surface area contributed by atoms with Gasteiger partial charge in [0, 0.05) is 17.9 Å². The molecule has 1 saturated carbocycles. The topological polar surface area (TPSA) is 12.0 Å². The van der Waals surface area contributed by atoms with Gasteiger partial charge in [0.2, 0.25) is 0 Å². The van der Waals surface area contributed by atoms with Crippen molar-refractivity contribution < 1.29 is 0 Å². The van der Waals surface area contributed by atoms with Crippen LogP contribution in [0.5, 0.6) is 0 Å². The van der Waals surface area contributed by atoms with Gasteiger partial charge in [0.15, 0.2) is 0 Å². The molecule has 1 fully saturated rings. The van der Waals surface area contributed by atoms with Crippen LogP contribution in [0.1, 0.15) is 73.1 Å². The van der Waals surface area contributed by atoms with Gasteiger partial charge in [0.25, 0.3) is 0 Å². The molecule has 0 aromatic carbocycles. The Kier molecular flexibility index (Phi) is 5.73. The highest BCUT2D eigenvalue weighted by atomic mass is 14.9. The van der Waals surface area contributed by atoms with E-state index in [2.05, 4.69) is 51.8 Å². The first kappa shape index (κ1) is 15.6. The van der Waals surface area contributed by atoms with E-state index in [4.69, 9.17) is 0 Å². The zero-order chi connectivity index (χ0) is 13.6. The van der Waals surface area contributed by atoms with Crippen LogP contribution in [0, 0.1) is 22.7 Å². The van der Waals surface area contributed by atoms with Crippen LogP contribution < -0.4 is 5.32 Å². The molecular weight excluding hydrogens is 218 g/mol. The normalized spacial score (nSPS) is 20.9. The maximum absolute atomic E-state index is 3.68. The summed E-state index contributed by atoms with van der Waals surface area (Å²) in [7, 11) is 0. The highest BCUT2D eigenvalue weighted by molar-refractivity contribution is 5.10. The van der Waals surface area contributed by atoms with Crippen molar-refractivity contribution in [3.05, 3.63) is 0 Å². The Hall–Kier alpha value is -0.480. The minimum absolute atomic E-state index is 0.129. The van der Waals surface area contributed by atoms with Crippen molar-refractivity contribution in [2.75, 3.05) is 6.54 Å². The standard InChI is InChI=1S/C17H31N/c1-6-18-15(11-10-12-16(2,3)4)17(5)13-8-7-9-14-17/h15,18H,6-9,11,13-14H2,1-5H3. The van der Waals surface area contributed by atoms with E-state index in [9.17, 15) is 0 Å². The zero-order valence-corrected chi connectivity index (χ0v) is 13.0. The van der Waals surface area contributed by atoms with E-state index < -0.39 is 0 Å². The van der Waals surface area contributed by atoms with E-state index >= 15 is 0 Å². The molecular formula is C17H31N. The molecule has 104 valence electrons. The fourth-order valence-corrected chi connectivity index (χ4v) is 2.94. The Morgan fingerprint density at radius 3 is 2.28 bits per heavy atom. The number of rotatable bonds is 4. The minimum atomic E-state index is 0.129. The Morgan fingerprint density at radius 1 is 1.17 bits per heavy atom. The van der Waals surface area contributed by atoms with E-state index in [0.717, 1.165) is 13.0 Å². The summed E-state index contributed by atoms with van der Waals surface area (Å²) in [4.78, 5) is 0. The summed E-state index contributed by atoms with van der Waals surface area (Å²) in [6.07, 6.45) is 7.93. The van der Waals surface area contributed by atoms with Gasteiger partial charge in [-0.3, -0.25) is 0 Å². The molecule has 0 aromatic heterocycles. The maximum atomic E-state index is 3.68. The van der Waals surface area contributed by atoms with E-state index in [1.165, 1.54) is 32.1 Å². The molecule has 1 nitrogen and oxygen atoms in total. The van der Waals surface area contributed by atoms with Crippen molar-refractivity contribution in [3.8, 4) is 11.8 Å². The Balaban J connectivity index is 2.66. The Labute approximate surface area is 114 Å². The van der Waals surface area contributed by atoms with Gasteiger partial charge in [-0.05, 0) is 45.6 Å². The molecule has 0 radical (unpaired) electrons. The van der Waals surface area contributed by atoms with Gasteiger partial charge in [0.05, 0.1) is 0 Å². The summed E-state index contributed by atoms with van der Waals surface area (Å²) in [5, 5.41) is 3.68. The fourth-order valence-electron chi connectivity index (χ4n) is 2.94. The van der Waals surface area contributed by atoms with Crippen molar-refractivity contribution >= 4 is 0 Å². The van der Waals surface area contributed by atoms with Crippen molar-refractivity contribution in [1.82, 2.24) is 5.32 Å². The molecule has 0 spiro atoms. The summed E-state index contributed by atoms with van der Waals surface area (Å²) in [5.41, 5.74) is 0.588. The van der Waals surface area contributed by atoms with Crippen molar-refractivity contribution in [2.24, 2.45) is 10.8 Å². The third-order valence-electron chi connectivity index (χ3n) is 4.06. The number of hydrogen-bond donors (Lipinski definition) is 1. The lowest BCUT2D eigenvalue weighted by Gasteiger charge is -2.40. The average molecular weight is 249 g/mol. The van der Waals surface area contributed by atoms with Gasteiger partial charge in [-0.25, -0.2) is 0 Å². The second-order valence-corrected chi connectivity index (χ2v) is 7.08. The number of hydrogen-bond acceptors (Lipinski definition) is 1. The van der Waals surface area contributed by atoms with Gasteiger partial charge < -0.3 is 5.32 Å². The maximum Gasteiger partial charge on any atom is 0.0248 e. The third-order valence-corrected chi connectivity index (χ3v) is 4.06. The lowest BCUT2D eigenvalue weighted by atomic mass is 9.69. The van der Waals surface area contributed by atoms with Crippen molar-refractivity contribution in [1.29, 1.82) is 0 Å². The molecule has 0 amide bonds. The SMILES string of the molecule is CCNC(CC#CC(C)(C)C)C1(C)CCCCC1. The average Bonchev–Trinajstić information content (AvgIpc) is 2.27. The minimum Gasteiger partial charge on any atom is -0.313 e. The van der Waals surface area contributed by atoms with Crippen LogP contribution in [0.4, 0.5) is 0 Å².